The van der Waals surface area contributed by atoms with Crippen molar-refractivity contribution < 1.29 is 35.4 Å². The second-order valence-electron chi connectivity index (χ2n) is 9.79. The van der Waals surface area contributed by atoms with Gasteiger partial charge in [0.1, 0.15) is 12.2 Å². The maximum absolute atomic E-state index is 6.88. The number of hydrogen-bond acceptors (Lipinski definition) is 8. The van der Waals surface area contributed by atoms with E-state index in [4.69, 9.17) is 35.4 Å². The van der Waals surface area contributed by atoms with Crippen LogP contribution in [0.2, 0.25) is 51.4 Å². The lowest BCUT2D eigenvalue weighted by Gasteiger charge is -2.48. The largest absolute Gasteiger partial charge is 0.416 e. The van der Waals surface area contributed by atoms with E-state index in [9.17, 15) is 0 Å². The average Bonchev–Trinajstić information content (AvgIpc) is 3.45. The summed E-state index contributed by atoms with van der Waals surface area (Å²) in [5.41, 5.74) is 0. The van der Waals surface area contributed by atoms with Crippen molar-refractivity contribution in [3.05, 3.63) is 0 Å². The molecule has 0 aromatic rings. The van der Waals surface area contributed by atoms with Gasteiger partial charge in [-0.25, -0.2) is 0 Å². The second kappa shape index (κ2) is 10.2. The summed E-state index contributed by atoms with van der Waals surface area (Å²) in [6.07, 6.45) is 2.41. The van der Waals surface area contributed by atoms with Crippen molar-refractivity contribution in [1.82, 2.24) is 0 Å². The van der Waals surface area contributed by atoms with E-state index in [1.54, 1.807) is 0 Å². The molecule has 3 fully saturated rings. The van der Waals surface area contributed by atoms with Crippen LogP contribution in [-0.2, 0) is 35.4 Å². The molecule has 0 spiro atoms. The minimum atomic E-state index is -2.55. The molecule has 3 saturated heterocycles. The zero-order valence-corrected chi connectivity index (χ0v) is 23.5. The van der Waals surface area contributed by atoms with Crippen LogP contribution in [0, 0.1) is 0 Å². The van der Waals surface area contributed by atoms with Crippen molar-refractivity contribution in [3.63, 3.8) is 0 Å². The van der Waals surface area contributed by atoms with Gasteiger partial charge in [0.2, 0.25) is 0 Å². The molecule has 2 atom stereocenters. The van der Waals surface area contributed by atoms with Crippen LogP contribution < -0.4 is 0 Å². The van der Waals surface area contributed by atoms with Gasteiger partial charge in [0.25, 0.3) is 0 Å². The molecular weight excluding hydrogens is 457 g/mol. The highest BCUT2D eigenvalue weighted by atomic mass is 28.5. The normalized spacial score (nSPS) is 31.0. The van der Waals surface area contributed by atoms with E-state index in [-0.39, 0.29) is 0 Å². The molecule has 0 saturated carbocycles. The van der Waals surface area contributed by atoms with Gasteiger partial charge in [-0.1, -0.05) is 0 Å². The van der Waals surface area contributed by atoms with Crippen molar-refractivity contribution in [1.29, 1.82) is 0 Å². The van der Waals surface area contributed by atoms with Crippen LogP contribution in [0.15, 0.2) is 0 Å². The van der Waals surface area contributed by atoms with E-state index in [2.05, 4.69) is 39.3 Å². The van der Waals surface area contributed by atoms with Crippen LogP contribution in [0.1, 0.15) is 12.8 Å². The van der Waals surface area contributed by atoms with Gasteiger partial charge in [0.05, 0.1) is 26.4 Å². The van der Waals surface area contributed by atoms with Crippen LogP contribution in [0.4, 0.5) is 0 Å². The summed E-state index contributed by atoms with van der Waals surface area (Å²) in [5, 5.41) is 0. The van der Waals surface area contributed by atoms with E-state index < -0.39 is 34.2 Å². The molecule has 0 N–H and O–H groups in total. The molecule has 0 amide bonds. The van der Waals surface area contributed by atoms with Gasteiger partial charge in [-0.3, -0.25) is 0 Å². The van der Waals surface area contributed by atoms with E-state index in [0.29, 0.717) is 38.6 Å². The Labute approximate surface area is 185 Å². The maximum Gasteiger partial charge on any atom is 0.320 e. The Balaban J connectivity index is 1.61. The topological polar surface area (TPSA) is 80.4 Å². The zero-order chi connectivity index (χ0) is 21.9. The molecule has 2 unspecified atom stereocenters. The molecule has 30 heavy (non-hydrogen) atoms. The Bertz CT molecular complexity index is 508. The Hall–Kier alpha value is 0.548. The minimum absolute atomic E-state index is 0.296. The average molecular weight is 497 g/mol. The van der Waals surface area contributed by atoms with Crippen molar-refractivity contribution in [3.8, 4) is 0 Å². The fourth-order valence-electron chi connectivity index (χ4n) is 4.14. The number of rotatable bonds is 12. The van der Waals surface area contributed by atoms with E-state index in [1.165, 1.54) is 0 Å². The maximum atomic E-state index is 6.88. The molecule has 0 bridgehead atoms. The predicted molar refractivity (Wildman–Crippen MR) is 123 cm³/mol. The van der Waals surface area contributed by atoms with Crippen molar-refractivity contribution in [2.45, 2.75) is 76.4 Å². The van der Waals surface area contributed by atoms with Gasteiger partial charge in [0, 0.05) is 13.2 Å². The lowest BCUT2D eigenvalue weighted by Crippen LogP contribution is -2.66. The number of ether oxygens (including phenoxy) is 4. The van der Waals surface area contributed by atoms with Gasteiger partial charge in [-0.15, -0.1) is 0 Å². The summed E-state index contributed by atoms with van der Waals surface area (Å²) in [7, 11) is -9.61. The molecule has 3 rings (SSSR count). The van der Waals surface area contributed by atoms with Crippen molar-refractivity contribution in [2.24, 2.45) is 0 Å². The zero-order valence-electron chi connectivity index (χ0n) is 19.5. The quantitative estimate of drug-likeness (QED) is 0.231. The molecule has 0 aliphatic carbocycles. The summed E-state index contributed by atoms with van der Waals surface area (Å²) in [5.74, 6) is 0. The summed E-state index contributed by atoms with van der Waals surface area (Å²) in [4.78, 5) is 0. The summed E-state index contributed by atoms with van der Waals surface area (Å²) >= 11 is 0. The Kier molecular flexibility index (Phi) is 8.57. The highest BCUT2D eigenvalue weighted by Crippen LogP contribution is 2.36. The Morgan fingerprint density at radius 3 is 1.37 bits per heavy atom. The first kappa shape index (κ1) is 25.2. The number of epoxide rings is 2. The SMILES string of the molecule is C[Si]1(C)O[Si](C)(C)O[Si](CCCOCC2CO2)(CCCOCC2CO2)O[Si](C)(C)O1. The van der Waals surface area contributed by atoms with Gasteiger partial charge in [-0.05, 0) is 64.2 Å². The van der Waals surface area contributed by atoms with Crippen molar-refractivity contribution >= 4 is 34.2 Å². The summed E-state index contributed by atoms with van der Waals surface area (Å²) in [6, 6.07) is 1.76. The fourth-order valence-corrected chi connectivity index (χ4v) is 26.2. The standard InChI is InChI=1S/C18H40O8Si4/c1-27(2)23-28(3,4)25-30(26-29(5,6)24-27,11-7-9-19-13-17-15-21-17)12-8-10-20-14-18-16-22-18/h17-18H,7-16H2,1-6H3. The first-order valence-electron chi connectivity index (χ1n) is 11.2. The third-order valence-electron chi connectivity index (χ3n) is 4.95. The molecule has 0 aromatic carbocycles. The van der Waals surface area contributed by atoms with Crippen LogP contribution in [0.3, 0.4) is 0 Å². The molecule has 3 aliphatic rings. The molecule has 8 nitrogen and oxygen atoms in total. The molecule has 12 heteroatoms. The Morgan fingerprint density at radius 1 is 0.633 bits per heavy atom. The van der Waals surface area contributed by atoms with Crippen LogP contribution >= 0.6 is 0 Å². The molecule has 3 heterocycles. The number of hydrogen-bond donors (Lipinski definition) is 0. The van der Waals surface area contributed by atoms with Gasteiger partial charge < -0.3 is 35.4 Å². The van der Waals surface area contributed by atoms with Gasteiger partial charge >= 0.3 is 34.2 Å². The van der Waals surface area contributed by atoms with Crippen LogP contribution in [0.5, 0.6) is 0 Å². The van der Waals surface area contributed by atoms with Crippen LogP contribution in [0.25, 0.3) is 0 Å². The van der Waals surface area contributed by atoms with Crippen molar-refractivity contribution in [2.75, 3.05) is 39.6 Å². The molecule has 176 valence electrons. The predicted octanol–water partition coefficient (Wildman–Crippen LogP) is 3.23. The molecule has 0 aromatic heterocycles. The van der Waals surface area contributed by atoms with E-state index in [0.717, 1.165) is 38.1 Å². The molecule has 0 radical (unpaired) electrons. The molecule has 3 aliphatic heterocycles. The third-order valence-corrected chi connectivity index (χ3v) is 22.0. The highest BCUT2D eigenvalue weighted by Gasteiger charge is 2.54. The summed E-state index contributed by atoms with van der Waals surface area (Å²) in [6.45, 7) is 17.1. The van der Waals surface area contributed by atoms with E-state index in [1.807, 2.05) is 0 Å². The summed E-state index contributed by atoms with van der Waals surface area (Å²) < 4.78 is 48.8. The molecular formula is C18H40O8Si4. The lowest BCUT2D eigenvalue weighted by molar-refractivity contribution is 0.112. The highest BCUT2D eigenvalue weighted by molar-refractivity contribution is 6.93. The smallest absolute Gasteiger partial charge is 0.320 e. The van der Waals surface area contributed by atoms with E-state index >= 15 is 0 Å². The minimum Gasteiger partial charge on any atom is -0.416 e. The Morgan fingerprint density at radius 2 is 1.00 bits per heavy atom. The first-order valence-corrected chi connectivity index (χ1v) is 21.9. The second-order valence-corrected chi connectivity index (χ2v) is 24.3. The first-order chi connectivity index (χ1) is 14.0. The monoisotopic (exact) mass is 496 g/mol. The fraction of sp³-hybridized carbons (Fsp3) is 1.00. The van der Waals surface area contributed by atoms with Gasteiger partial charge in [-0.2, -0.15) is 0 Å². The third kappa shape index (κ3) is 9.19. The van der Waals surface area contributed by atoms with Crippen LogP contribution in [-0.4, -0.2) is 86.1 Å². The van der Waals surface area contributed by atoms with Gasteiger partial charge in [0.15, 0.2) is 0 Å². The lowest BCUT2D eigenvalue weighted by atomic mass is 10.5.